The van der Waals surface area contributed by atoms with Gasteiger partial charge in [0.25, 0.3) is 0 Å². The summed E-state index contributed by atoms with van der Waals surface area (Å²) in [7, 11) is 0. The first-order chi connectivity index (χ1) is 9.62. The molecule has 0 saturated carbocycles. The van der Waals surface area contributed by atoms with Crippen LogP contribution in [0.5, 0.6) is 0 Å². The molecule has 1 saturated heterocycles. The molecular formula is C16H21N3S. The monoisotopic (exact) mass is 287 g/mol. The smallest absolute Gasteiger partial charge is 0.133 e. The third-order valence-corrected chi connectivity index (χ3v) is 4.60. The maximum Gasteiger partial charge on any atom is 0.133 e. The Hall–Kier alpha value is -1.26. The van der Waals surface area contributed by atoms with Crippen molar-refractivity contribution in [2.24, 2.45) is 4.99 Å². The highest BCUT2D eigenvalue weighted by Crippen LogP contribution is 2.29. The second kappa shape index (κ2) is 5.26. The highest BCUT2D eigenvalue weighted by atomic mass is 32.1. The van der Waals surface area contributed by atoms with Crippen LogP contribution in [0.25, 0.3) is 0 Å². The number of thiocarbonyl (C=S) groups is 1. The largest absolute Gasteiger partial charge is 0.350 e. The van der Waals surface area contributed by atoms with Gasteiger partial charge in [-0.15, -0.1) is 0 Å². The van der Waals surface area contributed by atoms with E-state index in [4.69, 9.17) is 17.2 Å². The van der Waals surface area contributed by atoms with Gasteiger partial charge in [-0.3, -0.25) is 4.99 Å². The van der Waals surface area contributed by atoms with E-state index in [2.05, 4.69) is 48.3 Å². The lowest BCUT2D eigenvalue weighted by Gasteiger charge is -2.37. The second-order valence-corrected chi connectivity index (χ2v) is 6.16. The van der Waals surface area contributed by atoms with E-state index in [1.54, 1.807) is 0 Å². The van der Waals surface area contributed by atoms with E-state index in [1.807, 2.05) is 0 Å². The summed E-state index contributed by atoms with van der Waals surface area (Å²) < 4.78 is 0. The Labute approximate surface area is 126 Å². The quantitative estimate of drug-likeness (QED) is 0.847. The molecule has 0 radical (unpaired) electrons. The van der Waals surface area contributed by atoms with E-state index in [9.17, 15) is 0 Å². The van der Waals surface area contributed by atoms with E-state index in [0.29, 0.717) is 0 Å². The van der Waals surface area contributed by atoms with Crippen LogP contribution >= 0.6 is 12.2 Å². The molecule has 0 aromatic heterocycles. The summed E-state index contributed by atoms with van der Waals surface area (Å²) in [5.74, 6) is 0. The number of nitrogens with one attached hydrogen (secondary N) is 1. The highest BCUT2D eigenvalue weighted by Gasteiger charge is 2.40. The average Bonchev–Trinajstić information content (AvgIpc) is 2.77. The summed E-state index contributed by atoms with van der Waals surface area (Å²) in [5, 5.41) is 3.48. The predicted molar refractivity (Wildman–Crippen MR) is 87.5 cm³/mol. The van der Waals surface area contributed by atoms with E-state index in [0.717, 1.165) is 48.7 Å². The first kappa shape index (κ1) is 13.7. The number of nitrogens with zero attached hydrogens (tertiary/aromatic N) is 2. The van der Waals surface area contributed by atoms with Crippen molar-refractivity contribution in [3.8, 4) is 0 Å². The van der Waals surface area contributed by atoms with Crippen molar-refractivity contribution in [2.45, 2.75) is 32.4 Å². The number of aliphatic imine (C=N–C) groups is 1. The molecule has 3 rings (SSSR count). The van der Waals surface area contributed by atoms with Crippen LogP contribution < -0.4 is 5.32 Å². The van der Waals surface area contributed by atoms with Crippen LogP contribution in [0, 0.1) is 6.92 Å². The standard InChI is InChI=1S/C16H21N3S/c1-3-19-9-7-16(8-10-19)17-14(15(20)18-16)13-6-4-5-12(2)11-13/h4-6,11H,3,7-10H2,1-2H3,(H,18,20). The average molecular weight is 287 g/mol. The minimum atomic E-state index is -0.151. The van der Waals surface area contributed by atoms with Crippen molar-refractivity contribution < 1.29 is 0 Å². The molecule has 2 heterocycles. The summed E-state index contributed by atoms with van der Waals surface area (Å²) in [6.07, 6.45) is 2.08. The van der Waals surface area contributed by atoms with Crippen molar-refractivity contribution >= 4 is 22.9 Å². The van der Waals surface area contributed by atoms with Gasteiger partial charge in [-0.1, -0.05) is 42.9 Å². The zero-order valence-corrected chi connectivity index (χ0v) is 13.0. The lowest BCUT2D eigenvalue weighted by atomic mass is 9.98. The molecule has 20 heavy (non-hydrogen) atoms. The number of rotatable bonds is 2. The fourth-order valence-corrected chi connectivity index (χ4v) is 3.38. The number of hydrogen-bond donors (Lipinski definition) is 1. The number of likely N-dealkylation sites (tertiary alicyclic amines) is 1. The van der Waals surface area contributed by atoms with Crippen LogP contribution in [-0.4, -0.2) is 40.9 Å². The lowest BCUT2D eigenvalue weighted by molar-refractivity contribution is 0.164. The highest BCUT2D eigenvalue weighted by molar-refractivity contribution is 7.82. The van der Waals surface area contributed by atoms with Gasteiger partial charge in [-0.05, 0) is 19.5 Å². The van der Waals surface area contributed by atoms with Crippen molar-refractivity contribution in [3.05, 3.63) is 35.4 Å². The molecule has 1 fully saturated rings. The molecule has 3 nitrogen and oxygen atoms in total. The van der Waals surface area contributed by atoms with Crippen molar-refractivity contribution in [1.82, 2.24) is 10.2 Å². The van der Waals surface area contributed by atoms with Gasteiger partial charge < -0.3 is 10.2 Å². The predicted octanol–water partition coefficient (Wildman–Crippen LogP) is 2.53. The third-order valence-electron chi connectivity index (χ3n) is 4.31. The van der Waals surface area contributed by atoms with Crippen LogP contribution in [-0.2, 0) is 0 Å². The van der Waals surface area contributed by atoms with Crippen molar-refractivity contribution in [2.75, 3.05) is 19.6 Å². The zero-order chi connectivity index (χ0) is 14.2. The summed E-state index contributed by atoms with van der Waals surface area (Å²) in [4.78, 5) is 8.25. The molecule has 106 valence electrons. The maximum absolute atomic E-state index is 5.52. The number of aryl methyl sites for hydroxylation is 1. The van der Waals surface area contributed by atoms with Crippen LogP contribution in [0.1, 0.15) is 30.9 Å². The number of benzene rings is 1. The number of hydrogen-bond acceptors (Lipinski definition) is 3. The molecule has 1 aromatic rings. The second-order valence-electron chi connectivity index (χ2n) is 5.75. The normalized spacial score (nSPS) is 21.9. The van der Waals surface area contributed by atoms with Crippen LogP contribution in [0.2, 0.25) is 0 Å². The van der Waals surface area contributed by atoms with E-state index < -0.39 is 0 Å². The summed E-state index contributed by atoms with van der Waals surface area (Å²) in [6.45, 7) is 7.62. The summed E-state index contributed by atoms with van der Waals surface area (Å²) in [5.41, 5.74) is 3.20. The van der Waals surface area contributed by atoms with Crippen LogP contribution in [0.4, 0.5) is 0 Å². The molecule has 0 unspecified atom stereocenters. The molecule has 2 aliphatic heterocycles. The fourth-order valence-electron chi connectivity index (χ4n) is 3.03. The molecule has 2 aliphatic rings. The Morgan fingerprint density at radius 2 is 2.10 bits per heavy atom. The maximum atomic E-state index is 5.52. The summed E-state index contributed by atoms with van der Waals surface area (Å²) >= 11 is 5.52. The molecule has 1 spiro atoms. The van der Waals surface area contributed by atoms with Gasteiger partial charge in [0.15, 0.2) is 0 Å². The van der Waals surface area contributed by atoms with E-state index in [1.165, 1.54) is 5.56 Å². The van der Waals surface area contributed by atoms with Crippen LogP contribution in [0.3, 0.4) is 0 Å². The van der Waals surface area contributed by atoms with Gasteiger partial charge in [-0.25, -0.2) is 0 Å². The third kappa shape index (κ3) is 2.50. The van der Waals surface area contributed by atoms with Gasteiger partial charge >= 0.3 is 0 Å². The van der Waals surface area contributed by atoms with Crippen molar-refractivity contribution in [3.63, 3.8) is 0 Å². The minimum Gasteiger partial charge on any atom is -0.350 e. The molecule has 0 bridgehead atoms. The first-order valence-corrected chi connectivity index (χ1v) is 7.74. The molecule has 0 amide bonds. The van der Waals surface area contributed by atoms with Gasteiger partial charge in [0, 0.05) is 31.5 Å². The van der Waals surface area contributed by atoms with Gasteiger partial charge in [0.1, 0.15) is 16.4 Å². The SMILES string of the molecule is CCN1CCC2(CC1)N=C(c1cccc(C)c1)C(=S)N2. The summed E-state index contributed by atoms with van der Waals surface area (Å²) in [6, 6.07) is 8.43. The van der Waals surface area contributed by atoms with Gasteiger partial charge in [-0.2, -0.15) is 0 Å². The van der Waals surface area contributed by atoms with Gasteiger partial charge in [0.2, 0.25) is 0 Å². The van der Waals surface area contributed by atoms with Gasteiger partial charge in [0.05, 0.1) is 0 Å². The lowest BCUT2D eigenvalue weighted by Crippen LogP contribution is -2.50. The molecule has 0 aliphatic carbocycles. The Bertz CT molecular complexity index is 557. The Morgan fingerprint density at radius 1 is 1.35 bits per heavy atom. The zero-order valence-electron chi connectivity index (χ0n) is 12.1. The Kier molecular flexibility index (Phi) is 3.61. The Morgan fingerprint density at radius 3 is 2.75 bits per heavy atom. The molecular weight excluding hydrogens is 266 g/mol. The molecule has 0 atom stereocenters. The first-order valence-electron chi connectivity index (χ1n) is 7.34. The van der Waals surface area contributed by atoms with Crippen LogP contribution in [0.15, 0.2) is 29.3 Å². The fraction of sp³-hybridized carbons (Fsp3) is 0.500. The van der Waals surface area contributed by atoms with E-state index >= 15 is 0 Å². The number of piperidine rings is 1. The van der Waals surface area contributed by atoms with E-state index in [-0.39, 0.29) is 5.66 Å². The molecule has 4 heteroatoms. The molecule has 1 aromatic carbocycles. The minimum absolute atomic E-state index is 0.151. The van der Waals surface area contributed by atoms with Crippen molar-refractivity contribution in [1.29, 1.82) is 0 Å². The molecule has 1 N–H and O–H groups in total. The Balaban J connectivity index is 1.86. The topological polar surface area (TPSA) is 27.6 Å².